The summed E-state index contributed by atoms with van der Waals surface area (Å²) in [7, 11) is 4.09. The topological polar surface area (TPSA) is 58.1 Å². The molecule has 0 aromatic heterocycles. The summed E-state index contributed by atoms with van der Waals surface area (Å²) in [5, 5.41) is 6.57. The summed E-state index contributed by atoms with van der Waals surface area (Å²) < 4.78 is 11.0. The molecular weight excluding hydrogens is 328 g/mol. The van der Waals surface area contributed by atoms with Crippen molar-refractivity contribution in [3.05, 3.63) is 29.8 Å². The first-order valence-corrected chi connectivity index (χ1v) is 9.61. The van der Waals surface area contributed by atoms with Crippen molar-refractivity contribution < 1.29 is 9.47 Å². The van der Waals surface area contributed by atoms with Gasteiger partial charge in [-0.25, -0.2) is 4.99 Å². The zero-order valence-corrected chi connectivity index (χ0v) is 16.9. The molecule has 1 aromatic rings. The summed E-state index contributed by atoms with van der Waals surface area (Å²) >= 11 is 0. The van der Waals surface area contributed by atoms with Gasteiger partial charge in [0.2, 0.25) is 0 Å². The number of aliphatic imine (C=N–C) groups is 1. The quantitative estimate of drug-likeness (QED) is 0.320. The van der Waals surface area contributed by atoms with Gasteiger partial charge >= 0.3 is 0 Å². The normalized spacial score (nSPS) is 11.5. The Bertz CT molecular complexity index is 506. The van der Waals surface area contributed by atoms with Gasteiger partial charge in [0.25, 0.3) is 0 Å². The van der Waals surface area contributed by atoms with Crippen LogP contribution in [-0.4, -0.2) is 59.6 Å². The first-order valence-electron chi connectivity index (χ1n) is 9.61. The predicted molar refractivity (Wildman–Crippen MR) is 110 cm³/mol. The molecule has 0 saturated heterocycles. The van der Waals surface area contributed by atoms with Crippen molar-refractivity contribution in [1.29, 1.82) is 0 Å². The van der Waals surface area contributed by atoms with E-state index >= 15 is 0 Å². The van der Waals surface area contributed by atoms with Crippen LogP contribution < -0.4 is 15.5 Å². The van der Waals surface area contributed by atoms with Gasteiger partial charge in [0.05, 0.1) is 26.4 Å². The van der Waals surface area contributed by atoms with E-state index in [1.54, 1.807) is 0 Å². The SMILES string of the molecule is CCCCOCCOCCNC(=NCc1cccc(N(C)C)c1)NCC. The molecule has 6 nitrogen and oxygen atoms in total. The molecule has 1 rings (SSSR count). The molecule has 0 bridgehead atoms. The lowest BCUT2D eigenvalue weighted by Crippen LogP contribution is -2.39. The monoisotopic (exact) mass is 364 g/mol. The van der Waals surface area contributed by atoms with Crippen LogP contribution in [0.4, 0.5) is 5.69 Å². The second kappa shape index (κ2) is 14.4. The average molecular weight is 365 g/mol. The van der Waals surface area contributed by atoms with Crippen LogP contribution in [0, 0.1) is 0 Å². The lowest BCUT2D eigenvalue weighted by Gasteiger charge is -2.14. The van der Waals surface area contributed by atoms with Gasteiger partial charge in [-0.2, -0.15) is 0 Å². The zero-order chi connectivity index (χ0) is 19.0. The Kier molecular flexibility index (Phi) is 12.3. The molecule has 148 valence electrons. The second-order valence-corrected chi connectivity index (χ2v) is 6.26. The Balaban J connectivity index is 2.30. The van der Waals surface area contributed by atoms with E-state index in [1.807, 2.05) is 14.1 Å². The van der Waals surface area contributed by atoms with Crippen molar-refractivity contribution in [2.45, 2.75) is 33.2 Å². The van der Waals surface area contributed by atoms with Gasteiger partial charge < -0.3 is 25.0 Å². The van der Waals surface area contributed by atoms with E-state index < -0.39 is 0 Å². The number of anilines is 1. The first kappa shape index (κ1) is 22.3. The van der Waals surface area contributed by atoms with E-state index in [1.165, 1.54) is 11.3 Å². The molecule has 0 aliphatic rings. The zero-order valence-electron chi connectivity index (χ0n) is 16.9. The first-order chi connectivity index (χ1) is 12.7. The van der Waals surface area contributed by atoms with Crippen LogP contribution in [0.2, 0.25) is 0 Å². The molecule has 0 saturated carbocycles. The van der Waals surface area contributed by atoms with Crippen LogP contribution >= 0.6 is 0 Å². The van der Waals surface area contributed by atoms with Gasteiger partial charge in [-0.05, 0) is 31.0 Å². The Hall–Kier alpha value is -1.79. The molecule has 0 aliphatic heterocycles. The van der Waals surface area contributed by atoms with Gasteiger partial charge in [0.15, 0.2) is 5.96 Å². The highest BCUT2D eigenvalue weighted by Crippen LogP contribution is 2.13. The maximum atomic E-state index is 5.57. The number of unbranched alkanes of at least 4 members (excludes halogenated alkanes) is 1. The molecule has 0 unspecified atom stereocenters. The standard InChI is InChI=1S/C20H36N4O2/c1-5-7-12-25-14-15-26-13-11-22-20(21-6-2)23-17-18-9-8-10-19(16-18)24(3)4/h8-10,16H,5-7,11-15,17H2,1-4H3,(H2,21,22,23). The molecule has 0 heterocycles. The number of benzene rings is 1. The highest BCUT2D eigenvalue weighted by Gasteiger charge is 2.00. The van der Waals surface area contributed by atoms with Crippen LogP contribution in [0.25, 0.3) is 0 Å². The third-order valence-electron chi connectivity index (χ3n) is 3.74. The smallest absolute Gasteiger partial charge is 0.191 e. The third-order valence-corrected chi connectivity index (χ3v) is 3.74. The molecule has 0 aliphatic carbocycles. The van der Waals surface area contributed by atoms with E-state index in [0.29, 0.717) is 26.4 Å². The van der Waals surface area contributed by atoms with Gasteiger partial charge in [-0.3, -0.25) is 0 Å². The largest absolute Gasteiger partial charge is 0.379 e. The number of guanidine groups is 1. The minimum Gasteiger partial charge on any atom is -0.379 e. The van der Waals surface area contributed by atoms with Crippen molar-refractivity contribution in [1.82, 2.24) is 10.6 Å². The van der Waals surface area contributed by atoms with E-state index in [2.05, 4.69) is 58.6 Å². The molecule has 0 fully saturated rings. The Labute approximate surface area is 159 Å². The molecule has 6 heteroatoms. The van der Waals surface area contributed by atoms with Gasteiger partial charge in [0.1, 0.15) is 0 Å². The Morgan fingerprint density at radius 1 is 1.04 bits per heavy atom. The third kappa shape index (κ3) is 10.3. The predicted octanol–water partition coefficient (Wildman–Crippen LogP) is 2.64. The van der Waals surface area contributed by atoms with Crippen molar-refractivity contribution in [3.63, 3.8) is 0 Å². The van der Waals surface area contributed by atoms with Crippen LogP contribution in [0.15, 0.2) is 29.3 Å². The Morgan fingerprint density at radius 3 is 2.50 bits per heavy atom. The fourth-order valence-electron chi connectivity index (χ4n) is 2.26. The summed E-state index contributed by atoms with van der Waals surface area (Å²) in [5.41, 5.74) is 2.37. The van der Waals surface area contributed by atoms with Crippen molar-refractivity contribution in [3.8, 4) is 0 Å². The highest BCUT2D eigenvalue weighted by molar-refractivity contribution is 5.79. The minimum absolute atomic E-state index is 0.635. The van der Waals surface area contributed by atoms with E-state index in [0.717, 1.165) is 38.5 Å². The lowest BCUT2D eigenvalue weighted by atomic mass is 10.2. The van der Waals surface area contributed by atoms with Crippen LogP contribution in [0.3, 0.4) is 0 Å². The maximum Gasteiger partial charge on any atom is 0.191 e. The number of hydrogen-bond donors (Lipinski definition) is 2. The molecule has 0 atom stereocenters. The summed E-state index contributed by atoms with van der Waals surface area (Å²) in [4.78, 5) is 6.74. The van der Waals surface area contributed by atoms with Crippen LogP contribution in [-0.2, 0) is 16.0 Å². The highest BCUT2D eigenvalue weighted by atomic mass is 16.5. The molecular formula is C20H36N4O2. The number of rotatable bonds is 13. The van der Waals surface area contributed by atoms with E-state index in [4.69, 9.17) is 9.47 Å². The summed E-state index contributed by atoms with van der Waals surface area (Å²) in [6.07, 6.45) is 2.28. The fraction of sp³-hybridized carbons (Fsp3) is 0.650. The van der Waals surface area contributed by atoms with E-state index in [9.17, 15) is 0 Å². The average Bonchev–Trinajstić information content (AvgIpc) is 2.65. The summed E-state index contributed by atoms with van der Waals surface area (Å²) in [5.74, 6) is 0.811. The van der Waals surface area contributed by atoms with Crippen molar-refractivity contribution >= 4 is 11.6 Å². The maximum absolute atomic E-state index is 5.57. The summed E-state index contributed by atoms with van der Waals surface area (Å²) in [6, 6.07) is 8.42. The molecule has 0 spiro atoms. The molecule has 1 aromatic carbocycles. The molecule has 0 amide bonds. The summed E-state index contributed by atoms with van der Waals surface area (Å²) in [6.45, 7) is 9.17. The Morgan fingerprint density at radius 2 is 1.81 bits per heavy atom. The number of hydrogen-bond acceptors (Lipinski definition) is 4. The van der Waals surface area contributed by atoms with Gasteiger partial charge in [0, 0.05) is 39.5 Å². The van der Waals surface area contributed by atoms with Crippen LogP contribution in [0.1, 0.15) is 32.3 Å². The van der Waals surface area contributed by atoms with Crippen LogP contribution in [0.5, 0.6) is 0 Å². The minimum atomic E-state index is 0.635. The second-order valence-electron chi connectivity index (χ2n) is 6.26. The number of ether oxygens (including phenoxy) is 2. The lowest BCUT2D eigenvalue weighted by molar-refractivity contribution is 0.0487. The number of nitrogens with zero attached hydrogens (tertiary/aromatic N) is 2. The van der Waals surface area contributed by atoms with Gasteiger partial charge in [-0.15, -0.1) is 0 Å². The molecule has 2 N–H and O–H groups in total. The van der Waals surface area contributed by atoms with Crippen molar-refractivity contribution in [2.75, 3.05) is 58.5 Å². The number of nitrogens with one attached hydrogen (secondary N) is 2. The van der Waals surface area contributed by atoms with Crippen molar-refractivity contribution in [2.24, 2.45) is 4.99 Å². The fourth-order valence-corrected chi connectivity index (χ4v) is 2.26. The van der Waals surface area contributed by atoms with Gasteiger partial charge in [-0.1, -0.05) is 25.5 Å². The molecule has 0 radical (unpaired) electrons. The van der Waals surface area contributed by atoms with E-state index in [-0.39, 0.29) is 0 Å². The molecule has 26 heavy (non-hydrogen) atoms.